The Labute approximate surface area is 76.6 Å². The Morgan fingerprint density at radius 3 is 1.67 bits per heavy atom. The van der Waals surface area contributed by atoms with E-state index in [1.165, 1.54) is 0 Å². The summed E-state index contributed by atoms with van der Waals surface area (Å²) in [6.45, 7) is 12.9. The quantitative estimate of drug-likeness (QED) is 0.528. The van der Waals surface area contributed by atoms with E-state index in [2.05, 4.69) is 52.6 Å². The molecule has 0 spiro atoms. The van der Waals surface area contributed by atoms with Crippen molar-refractivity contribution < 1.29 is 0 Å². The molecule has 0 aromatic rings. The van der Waals surface area contributed by atoms with Crippen molar-refractivity contribution >= 4 is 6.21 Å². The molecule has 0 unspecified atom stereocenters. The van der Waals surface area contributed by atoms with Gasteiger partial charge in [0.05, 0.1) is 0 Å². The molecule has 1 heteroatoms. The number of hydrogen-bond donors (Lipinski definition) is 0. The average Bonchev–Trinajstić information content (AvgIpc) is 1.76. The van der Waals surface area contributed by atoms with Crippen LogP contribution in [0, 0.1) is 10.8 Å². The zero-order valence-corrected chi connectivity index (χ0v) is 9.18. The lowest BCUT2D eigenvalue weighted by Crippen LogP contribution is -2.05. The number of aliphatic imine (C=N–C) groups is 1. The lowest BCUT2D eigenvalue weighted by Gasteiger charge is -2.11. The van der Waals surface area contributed by atoms with Crippen LogP contribution in [0.1, 0.15) is 41.5 Å². The van der Waals surface area contributed by atoms with E-state index in [9.17, 15) is 0 Å². The third kappa shape index (κ3) is 9.41. The Balaban J connectivity index is 4.00. The van der Waals surface area contributed by atoms with Gasteiger partial charge in [-0.05, 0) is 10.8 Å². The molecule has 0 radical (unpaired) electrons. The second kappa shape index (κ2) is 3.88. The number of rotatable bonds is 1. The second-order valence-electron chi connectivity index (χ2n) is 5.33. The number of nitrogens with zero attached hydrogens (tertiary/aromatic N) is 1. The minimum Gasteiger partial charge on any atom is -0.269 e. The van der Waals surface area contributed by atoms with Crippen molar-refractivity contribution in [3.8, 4) is 0 Å². The highest BCUT2D eigenvalue weighted by Crippen LogP contribution is 2.14. The van der Waals surface area contributed by atoms with Crippen molar-refractivity contribution in [1.82, 2.24) is 0 Å². The predicted molar refractivity (Wildman–Crippen MR) is 56.5 cm³/mol. The van der Waals surface area contributed by atoms with E-state index in [-0.39, 0.29) is 10.8 Å². The maximum absolute atomic E-state index is 4.22. The van der Waals surface area contributed by atoms with Crippen LogP contribution in [0.5, 0.6) is 0 Å². The lowest BCUT2D eigenvalue weighted by molar-refractivity contribution is 0.543. The first kappa shape index (κ1) is 11.4. The highest BCUT2D eigenvalue weighted by molar-refractivity contribution is 5.64. The molecule has 0 aromatic carbocycles. The fourth-order valence-corrected chi connectivity index (χ4v) is 0.533. The summed E-state index contributed by atoms with van der Waals surface area (Å²) >= 11 is 0. The summed E-state index contributed by atoms with van der Waals surface area (Å²) in [5.74, 6) is 0. The SMILES string of the molecule is CC(C)(C)/C=C\N=C/C(C)(C)C. The van der Waals surface area contributed by atoms with Crippen molar-refractivity contribution in [2.75, 3.05) is 0 Å². The molecular formula is C11H21N. The van der Waals surface area contributed by atoms with Gasteiger partial charge in [-0.15, -0.1) is 0 Å². The fourth-order valence-electron chi connectivity index (χ4n) is 0.533. The fraction of sp³-hybridized carbons (Fsp3) is 0.727. The number of allylic oxidation sites excluding steroid dienone is 1. The van der Waals surface area contributed by atoms with Crippen LogP contribution in [0.2, 0.25) is 0 Å². The van der Waals surface area contributed by atoms with Crippen LogP contribution in [0.4, 0.5) is 0 Å². The first-order valence-corrected chi connectivity index (χ1v) is 4.43. The predicted octanol–water partition coefficient (Wildman–Crippen LogP) is 3.66. The molecule has 0 bridgehead atoms. The molecule has 0 aromatic heterocycles. The van der Waals surface area contributed by atoms with Crippen LogP contribution in [0.3, 0.4) is 0 Å². The zero-order valence-electron chi connectivity index (χ0n) is 9.18. The van der Waals surface area contributed by atoms with Gasteiger partial charge in [0, 0.05) is 12.4 Å². The average molecular weight is 167 g/mol. The highest BCUT2D eigenvalue weighted by Gasteiger charge is 2.05. The Hall–Kier alpha value is -0.590. The van der Waals surface area contributed by atoms with Crippen LogP contribution < -0.4 is 0 Å². The summed E-state index contributed by atoms with van der Waals surface area (Å²) in [5, 5.41) is 0. The zero-order chi connectivity index (χ0) is 9.83. The lowest BCUT2D eigenvalue weighted by atomic mass is 9.97. The highest BCUT2D eigenvalue weighted by atomic mass is 14.7. The van der Waals surface area contributed by atoms with Gasteiger partial charge < -0.3 is 0 Å². The molecule has 0 amide bonds. The van der Waals surface area contributed by atoms with Gasteiger partial charge in [0.1, 0.15) is 0 Å². The van der Waals surface area contributed by atoms with Crippen molar-refractivity contribution in [1.29, 1.82) is 0 Å². The summed E-state index contributed by atoms with van der Waals surface area (Å²) < 4.78 is 0. The van der Waals surface area contributed by atoms with Crippen molar-refractivity contribution in [2.45, 2.75) is 41.5 Å². The second-order valence-corrected chi connectivity index (χ2v) is 5.33. The van der Waals surface area contributed by atoms with Crippen LogP contribution in [-0.2, 0) is 0 Å². The third-order valence-electron chi connectivity index (χ3n) is 1.12. The number of hydrogen-bond acceptors (Lipinski definition) is 1. The molecule has 0 aliphatic carbocycles. The van der Waals surface area contributed by atoms with Crippen LogP contribution in [-0.4, -0.2) is 6.21 Å². The largest absolute Gasteiger partial charge is 0.269 e. The Kier molecular flexibility index (Phi) is 3.69. The van der Waals surface area contributed by atoms with Crippen molar-refractivity contribution in [3.63, 3.8) is 0 Å². The van der Waals surface area contributed by atoms with Gasteiger partial charge in [0.25, 0.3) is 0 Å². The Morgan fingerprint density at radius 1 is 0.833 bits per heavy atom. The summed E-state index contributed by atoms with van der Waals surface area (Å²) in [7, 11) is 0. The first-order chi connectivity index (χ1) is 5.21. The van der Waals surface area contributed by atoms with E-state index in [1.807, 2.05) is 12.4 Å². The molecular weight excluding hydrogens is 146 g/mol. The minimum atomic E-state index is 0.183. The van der Waals surface area contributed by atoms with Gasteiger partial charge in [0.2, 0.25) is 0 Å². The van der Waals surface area contributed by atoms with Gasteiger partial charge in [0.15, 0.2) is 0 Å². The molecule has 1 nitrogen and oxygen atoms in total. The van der Waals surface area contributed by atoms with E-state index >= 15 is 0 Å². The van der Waals surface area contributed by atoms with Crippen molar-refractivity contribution in [3.05, 3.63) is 12.3 Å². The van der Waals surface area contributed by atoms with Gasteiger partial charge in [-0.2, -0.15) is 0 Å². The minimum absolute atomic E-state index is 0.183. The summed E-state index contributed by atoms with van der Waals surface area (Å²) in [4.78, 5) is 4.22. The van der Waals surface area contributed by atoms with Gasteiger partial charge in [-0.25, -0.2) is 0 Å². The van der Waals surface area contributed by atoms with Gasteiger partial charge in [-0.1, -0.05) is 47.6 Å². The van der Waals surface area contributed by atoms with E-state index in [4.69, 9.17) is 0 Å². The molecule has 0 aliphatic heterocycles. The maximum Gasteiger partial charge on any atom is 0.0229 e. The van der Waals surface area contributed by atoms with E-state index in [0.717, 1.165) is 0 Å². The summed E-state index contributed by atoms with van der Waals surface area (Å²) in [5.41, 5.74) is 0.414. The monoisotopic (exact) mass is 167 g/mol. The summed E-state index contributed by atoms with van der Waals surface area (Å²) in [6, 6.07) is 0. The maximum atomic E-state index is 4.22. The summed E-state index contributed by atoms with van der Waals surface area (Å²) in [6.07, 6.45) is 5.95. The van der Waals surface area contributed by atoms with Gasteiger partial charge in [-0.3, -0.25) is 4.99 Å². The topological polar surface area (TPSA) is 12.4 Å². The van der Waals surface area contributed by atoms with E-state index < -0.39 is 0 Å². The molecule has 0 N–H and O–H groups in total. The van der Waals surface area contributed by atoms with E-state index in [0.29, 0.717) is 0 Å². The molecule has 0 heterocycles. The van der Waals surface area contributed by atoms with Crippen molar-refractivity contribution in [2.24, 2.45) is 15.8 Å². The molecule has 70 valence electrons. The standard InChI is InChI=1S/C11H21N/c1-10(2,3)7-8-12-9-11(4,5)6/h7-9H,1-6H3/b8-7-,12-9-. The Morgan fingerprint density at radius 2 is 1.33 bits per heavy atom. The Bertz CT molecular complexity index is 152. The molecule has 0 fully saturated rings. The van der Waals surface area contributed by atoms with Crippen LogP contribution in [0.15, 0.2) is 17.3 Å². The smallest absolute Gasteiger partial charge is 0.0229 e. The molecule has 0 atom stereocenters. The normalized spacial score (nSPS) is 14.8. The van der Waals surface area contributed by atoms with Gasteiger partial charge >= 0.3 is 0 Å². The molecule has 12 heavy (non-hydrogen) atoms. The first-order valence-electron chi connectivity index (χ1n) is 4.43. The van der Waals surface area contributed by atoms with Crippen LogP contribution >= 0.6 is 0 Å². The molecule has 0 saturated heterocycles. The molecule has 0 rings (SSSR count). The van der Waals surface area contributed by atoms with Crippen LogP contribution in [0.25, 0.3) is 0 Å². The van der Waals surface area contributed by atoms with E-state index in [1.54, 1.807) is 0 Å². The third-order valence-corrected chi connectivity index (χ3v) is 1.12. The molecule has 0 saturated carbocycles. The molecule has 0 aliphatic rings.